The summed E-state index contributed by atoms with van der Waals surface area (Å²) in [5.74, 6) is 1.36. The van der Waals surface area contributed by atoms with Crippen molar-refractivity contribution in [2.24, 2.45) is 0 Å². The lowest BCUT2D eigenvalue weighted by Gasteiger charge is -2.24. The molecule has 1 aliphatic heterocycles. The van der Waals surface area contributed by atoms with E-state index in [0.717, 1.165) is 16.1 Å². The minimum atomic E-state index is -0.191. The second-order valence-corrected chi connectivity index (χ2v) is 7.71. The summed E-state index contributed by atoms with van der Waals surface area (Å²) in [5.41, 5.74) is 1.89. The first-order valence-corrected chi connectivity index (χ1v) is 9.83. The van der Waals surface area contributed by atoms with Crippen molar-refractivity contribution in [1.29, 1.82) is 0 Å². The van der Waals surface area contributed by atoms with E-state index in [9.17, 15) is 0 Å². The fraction of sp³-hybridized carbons (Fsp3) is 0.222. The molecule has 8 heteroatoms. The first-order valence-electron chi connectivity index (χ1n) is 8.19. The molecule has 0 bridgehead atoms. The summed E-state index contributed by atoms with van der Waals surface area (Å²) in [6.45, 7) is 0.114. The molecule has 0 spiro atoms. The fourth-order valence-corrected chi connectivity index (χ4v) is 4.15. The van der Waals surface area contributed by atoms with Crippen LogP contribution in [-0.4, -0.2) is 26.5 Å². The highest BCUT2D eigenvalue weighted by Gasteiger charge is 2.27. The van der Waals surface area contributed by atoms with E-state index in [1.54, 1.807) is 17.4 Å². The third-order valence-electron chi connectivity index (χ3n) is 4.14. The molecule has 0 fully saturated rings. The van der Waals surface area contributed by atoms with E-state index in [4.69, 9.17) is 28.3 Å². The Bertz CT molecular complexity index is 952. The number of hydrogen-bond acceptors (Lipinski definition) is 5. The number of anilines is 1. The van der Waals surface area contributed by atoms with Crippen LogP contribution in [0.3, 0.4) is 0 Å². The Morgan fingerprint density at radius 1 is 1.27 bits per heavy atom. The number of nitrogens with one attached hydrogen (secondary N) is 1. The Balaban J connectivity index is 1.80. The molecule has 3 aromatic rings. The number of fused-ring (bicyclic) bond motifs is 1. The molecule has 4 rings (SSSR count). The zero-order valence-corrected chi connectivity index (χ0v) is 16.0. The van der Waals surface area contributed by atoms with Crippen molar-refractivity contribution >= 4 is 46.2 Å². The van der Waals surface area contributed by atoms with E-state index in [1.807, 2.05) is 28.3 Å². The summed E-state index contributed by atoms with van der Waals surface area (Å²) in [6, 6.07) is 9.36. The van der Waals surface area contributed by atoms with Gasteiger partial charge in [-0.15, -0.1) is 11.3 Å². The van der Waals surface area contributed by atoms with Crippen LogP contribution in [0.25, 0.3) is 5.70 Å². The zero-order chi connectivity index (χ0) is 18.1. The third kappa shape index (κ3) is 3.38. The van der Waals surface area contributed by atoms with Crippen molar-refractivity contribution in [3.63, 3.8) is 0 Å². The highest BCUT2D eigenvalue weighted by Crippen LogP contribution is 2.37. The Labute approximate surface area is 164 Å². The van der Waals surface area contributed by atoms with E-state index in [0.29, 0.717) is 34.7 Å². The van der Waals surface area contributed by atoms with Gasteiger partial charge in [-0.1, -0.05) is 35.3 Å². The lowest BCUT2D eigenvalue weighted by atomic mass is 10.0. The van der Waals surface area contributed by atoms with Gasteiger partial charge in [-0.05, 0) is 41.6 Å². The van der Waals surface area contributed by atoms with Crippen molar-refractivity contribution in [2.45, 2.75) is 18.9 Å². The Kier molecular flexibility index (Phi) is 5.00. The minimum Gasteiger partial charge on any atom is -0.396 e. The second kappa shape index (κ2) is 7.40. The number of nitrogens with zero attached hydrogens (tertiary/aromatic N) is 3. The lowest BCUT2D eigenvalue weighted by molar-refractivity contribution is 0.287. The maximum Gasteiger partial charge on any atom is 0.226 e. The monoisotopic (exact) mass is 406 g/mol. The highest BCUT2D eigenvalue weighted by molar-refractivity contribution is 7.11. The Hall–Kier alpha value is -1.86. The van der Waals surface area contributed by atoms with E-state index < -0.39 is 0 Å². The van der Waals surface area contributed by atoms with Crippen LogP contribution in [0.2, 0.25) is 10.0 Å². The van der Waals surface area contributed by atoms with Gasteiger partial charge in [0, 0.05) is 23.1 Å². The van der Waals surface area contributed by atoms with Gasteiger partial charge in [0.2, 0.25) is 5.95 Å². The van der Waals surface area contributed by atoms with Crippen molar-refractivity contribution in [1.82, 2.24) is 14.8 Å². The van der Waals surface area contributed by atoms with Crippen LogP contribution < -0.4 is 5.32 Å². The molecule has 1 aromatic carbocycles. The van der Waals surface area contributed by atoms with Gasteiger partial charge in [0.05, 0.1) is 10.6 Å². The maximum atomic E-state index is 9.07. The average molecular weight is 407 g/mol. The summed E-state index contributed by atoms with van der Waals surface area (Å²) in [4.78, 5) is 5.71. The molecular weight excluding hydrogens is 391 g/mol. The lowest BCUT2D eigenvalue weighted by Crippen LogP contribution is -2.20. The number of allylic oxidation sites excluding steroid dienone is 1. The van der Waals surface area contributed by atoms with Gasteiger partial charge in [-0.25, -0.2) is 4.68 Å². The molecule has 0 aliphatic carbocycles. The number of thiophene rings is 1. The molecule has 0 radical (unpaired) electrons. The molecule has 0 amide bonds. The van der Waals surface area contributed by atoms with Gasteiger partial charge in [0.15, 0.2) is 5.82 Å². The van der Waals surface area contributed by atoms with Gasteiger partial charge in [-0.3, -0.25) is 0 Å². The first kappa shape index (κ1) is 17.5. The van der Waals surface area contributed by atoms with Crippen molar-refractivity contribution in [2.75, 3.05) is 11.9 Å². The molecule has 0 saturated heterocycles. The maximum absolute atomic E-state index is 9.07. The topological polar surface area (TPSA) is 63.0 Å². The predicted molar refractivity (Wildman–Crippen MR) is 106 cm³/mol. The Morgan fingerprint density at radius 2 is 2.15 bits per heavy atom. The van der Waals surface area contributed by atoms with E-state index >= 15 is 0 Å². The second-order valence-electron chi connectivity index (χ2n) is 5.92. The average Bonchev–Trinajstić information content (AvgIpc) is 3.28. The van der Waals surface area contributed by atoms with Crippen LogP contribution in [0.5, 0.6) is 0 Å². The van der Waals surface area contributed by atoms with Crippen molar-refractivity contribution in [3.8, 4) is 0 Å². The summed E-state index contributed by atoms with van der Waals surface area (Å²) < 4.78 is 1.83. The van der Waals surface area contributed by atoms with Crippen molar-refractivity contribution in [3.05, 3.63) is 68.1 Å². The molecule has 134 valence electrons. The number of rotatable bonds is 5. The van der Waals surface area contributed by atoms with Crippen LogP contribution in [0.4, 0.5) is 5.95 Å². The summed E-state index contributed by atoms with van der Waals surface area (Å²) in [7, 11) is 0. The largest absolute Gasteiger partial charge is 0.396 e. The number of aliphatic hydroxyl groups is 1. The summed E-state index contributed by atoms with van der Waals surface area (Å²) in [5, 5.41) is 20.3. The number of hydrogen-bond donors (Lipinski definition) is 2. The molecule has 5 nitrogen and oxygen atoms in total. The van der Waals surface area contributed by atoms with Gasteiger partial charge >= 0.3 is 0 Å². The molecule has 1 atom stereocenters. The first-order chi connectivity index (χ1) is 12.7. The smallest absolute Gasteiger partial charge is 0.226 e. The van der Waals surface area contributed by atoms with Crippen LogP contribution >= 0.6 is 34.5 Å². The molecule has 3 heterocycles. The van der Waals surface area contributed by atoms with Crippen molar-refractivity contribution < 1.29 is 5.11 Å². The SMILES string of the molecule is OCCCc1nc2n(n1)C(c1ccc(Cl)cc1Cl)C=C(c1cccs1)N2. The standard InChI is InChI=1S/C18H16Cl2N4OS/c19-11-5-6-12(13(20)9-11)15-10-14(16-3-2-8-26-16)21-18-22-17(4-1-7-25)23-24(15)18/h2-3,5-6,8-10,15,25H,1,4,7H2,(H,21,22,23). The van der Waals surface area contributed by atoms with E-state index in [1.165, 1.54) is 0 Å². The van der Waals surface area contributed by atoms with Crippen LogP contribution in [0.15, 0.2) is 41.8 Å². The Morgan fingerprint density at radius 3 is 2.88 bits per heavy atom. The number of halogens is 2. The molecule has 2 N–H and O–H groups in total. The van der Waals surface area contributed by atoms with Gasteiger partial charge < -0.3 is 10.4 Å². The van der Waals surface area contributed by atoms with Gasteiger partial charge in [-0.2, -0.15) is 10.1 Å². The normalized spacial score (nSPS) is 16.1. The number of aromatic nitrogens is 3. The highest BCUT2D eigenvalue weighted by atomic mass is 35.5. The van der Waals surface area contributed by atoms with Crippen LogP contribution in [0, 0.1) is 0 Å². The summed E-state index contributed by atoms with van der Waals surface area (Å²) in [6.07, 6.45) is 3.34. The fourth-order valence-electron chi connectivity index (χ4n) is 2.92. The number of aryl methyl sites for hydroxylation is 1. The predicted octanol–water partition coefficient (Wildman–Crippen LogP) is 4.63. The van der Waals surface area contributed by atoms with Crippen LogP contribution in [0.1, 0.15) is 28.7 Å². The molecule has 2 aromatic heterocycles. The molecule has 0 saturated carbocycles. The minimum absolute atomic E-state index is 0.114. The molecule has 1 aliphatic rings. The van der Waals surface area contributed by atoms with E-state index in [2.05, 4.69) is 27.5 Å². The number of aliphatic hydroxyl groups excluding tert-OH is 1. The van der Waals surface area contributed by atoms with Gasteiger partial charge in [0.25, 0.3) is 0 Å². The van der Waals surface area contributed by atoms with Gasteiger partial charge in [0.1, 0.15) is 6.04 Å². The summed E-state index contributed by atoms with van der Waals surface area (Å²) >= 11 is 14.2. The van der Waals surface area contributed by atoms with Crippen LogP contribution in [-0.2, 0) is 6.42 Å². The van der Waals surface area contributed by atoms with E-state index in [-0.39, 0.29) is 12.6 Å². The third-order valence-corrected chi connectivity index (χ3v) is 5.60. The quantitative estimate of drug-likeness (QED) is 0.648. The molecular formula is C18H16Cl2N4OS. The molecule has 26 heavy (non-hydrogen) atoms. The zero-order valence-electron chi connectivity index (χ0n) is 13.7. The molecule has 1 unspecified atom stereocenters. The number of benzene rings is 1.